The van der Waals surface area contributed by atoms with Crippen molar-refractivity contribution in [3.8, 4) is 0 Å². The fourth-order valence-electron chi connectivity index (χ4n) is 1.72. The number of thiophene rings is 1. The van der Waals surface area contributed by atoms with Gasteiger partial charge in [-0.25, -0.2) is 0 Å². The fraction of sp³-hybridized carbons (Fsp3) is 0.250. The van der Waals surface area contributed by atoms with E-state index in [1.54, 1.807) is 11.3 Å². The van der Waals surface area contributed by atoms with E-state index in [4.69, 9.17) is 16.7 Å². The molecule has 0 fully saturated rings. The third-order valence-electron chi connectivity index (χ3n) is 2.47. The van der Waals surface area contributed by atoms with Crippen molar-refractivity contribution in [3.63, 3.8) is 0 Å². The fourth-order valence-corrected chi connectivity index (χ4v) is 3.14. The second-order valence-electron chi connectivity index (χ2n) is 3.60. The van der Waals surface area contributed by atoms with Gasteiger partial charge in [-0.2, -0.15) is 0 Å². The highest BCUT2D eigenvalue weighted by Crippen LogP contribution is 2.35. The van der Waals surface area contributed by atoms with E-state index >= 15 is 0 Å². The first-order valence-corrected chi connectivity index (χ1v) is 6.25. The highest BCUT2D eigenvalue weighted by atomic mass is 35.5. The molecule has 1 N–H and O–H groups in total. The molecule has 0 radical (unpaired) electrons. The number of hydrogen-bond donors (Lipinski definition) is 1. The van der Waals surface area contributed by atoms with Gasteiger partial charge < -0.3 is 5.11 Å². The van der Waals surface area contributed by atoms with E-state index in [0.717, 1.165) is 26.4 Å². The number of rotatable bonds is 4. The van der Waals surface area contributed by atoms with Crippen LogP contribution >= 0.6 is 22.9 Å². The quantitative estimate of drug-likeness (QED) is 0.897. The highest BCUT2D eigenvalue weighted by molar-refractivity contribution is 7.22. The summed E-state index contributed by atoms with van der Waals surface area (Å²) in [5, 5.41) is 9.75. The van der Waals surface area contributed by atoms with Gasteiger partial charge in [0.05, 0.1) is 4.34 Å². The lowest BCUT2D eigenvalue weighted by Crippen LogP contribution is -1.95. The van der Waals surface area contributed by atoms with Crippen molar-refractivity contribution < 1.29 is 9.90 Å². The molecular weight excluding hydrogens is 244 g/mol. The predicted octanol–water partition coefficient (Wildman–Crippen LogP) is 3.96. The summed E-state index contributed by atoms with van der Waals surface area (Å²) in [5.41, 5.74) is 1.09. The van der Waals surface area contributed by atoms with E-state index in [-0.39, 0.29) is 6.42 Å². The topological polar surface area (TPSA) is 37.3 Å². The molecule has 16 heavy (non-hydrogen) atoms. The Bertz CT molecular complexity index is 519. The Labute approximate surface area is 102 Å². The van der Waals surface area contributed by atoms with E-state index in [0.29, 0.717) is 6.42 Å². The summed E-state index contributed by atoms with van der Waals surface area (Å²) in [6.45, 7) is 0. The number of hydrogen-bond acceptors (Lipinski definition) is 2. The minimum absolute atomic E-state index is 0.195. The summed E-state index contributed by atoms with van der Waals surface area (Å²) >= 11 is 7.71. The minimum Gasteiger partial charge on any atom is -0.481 e. The first kappa shape index (κ1) is 11.4. The van der Waals surface area contributed by atoms with Crippen LogP contribution in [0.25, 0.3) is 10.1 Å². The van der Waals surface area contributed by atoms with Gasteiger partial charge in [-0.05, 0) is 29.9 Å². The molecule has 1 aromatic carbocycles. The average molecular weight is 255 g/mol. The van der Waals surface area contributed by atoms with Crippen LogP contribution in [-0.2, 0) is 11.2 Å². The summed E-state index contributed by atoms with van der Waals surface area (Å²) in [7, 11) is 0. The van der Waals surface area contributed by atoms with E-state index in [1.807, 2.05) is 24.3 Å². The average Bonchev–Trinajstić information content (AvgIpc) is 2.55. The van der Waals surface area contributed by atoms with Crippen LogP contribution in [0.3, 0.4) is 0 Å². The molecule has 84 valence electrons. The SMILES string of the molecule is O=C(O)CCCc1c(Cl)sc2ccccc12. The van der Waals surface area contributed by atoms with Crippen LogP contribution < -0.4 is 0 Å². The number of carboxylic acids is 1. The number of fused-ring (bicyclic) bond motifs is 1. The van der Waals surface area contributed by atoms with Crippen molar-refractivity contribution in [2.75, 3.05) is 0 Å². The third-order valence-corrected chi connectivity index (χ3v) is 3.93. The van der Waals surface area contributed by atoms with Crippen molar-refractivity contribution in [3.05, 3.63) is 34.2 Å². The maximum absolute atomic E-state index is 10.4. The number of carboxylic acid groups (broad SMARTS) is 1. The molecule has 1 heterocycles. The maximum Gasteiger partial charge on any atom is 0.303 e. The summed E-state index contributed by atoms with van der Waals surface area (Å²) in [5.74, 6) is -0.754. The number of halogens is 1. The van der Waals surface area contributed by atoms with Gasteiger partial charge in [0.25, 0.3) is 0 Å². The van der Waals surface area contributed by atoms with Crippen LogP contribution in [0.15, 0.2) is 24.3 Å². The predicted molar refractivity (Wildman–Crippen MR) is 67.4 cm³/mol. The summed E-state index contributed by atoms with van der Waals surface area (Å²) in [6, 6.07) is 8.03. The van der Waals surface area contributed by atoms with Gasteiger partial charge >= 0.3 is 5.97 Å². The lowest BCUT2D eigenvalue weighted by molar-refractivity contribution is -0.137. The number of benzene rings is 1. The van der Waals surface area contributed by atoms with Crippen molar-refractivity contribution >= 4 is 39.0 Å². The standard InChI is InChI=1S/C12H11ClO2S/c13-12-9(5-3-7-11(14)15)8-4-1-2-6-10(8)16-12/h1-2,4,6H,3,5,7H2,(H,14,15). The monoisotopic (exact) mass is 254 g/mol. The molecule has 0 aliphatic rings. The Hall–Kier alpha value is -1.06. The highest BCUT2D eigenvalue weighted by Gasteiger charge is 2.10. The molecule has 0 aliphatic carbocycles. The Morgan fingerprint density at radius 3 is 2.88 bits per heavy atom. The molecule has 2 nitrogen and oxygen atoms in total. The van der Waals surface area contributed by atoms with E-state index in [1.165, 1.54) is 0 Å². The van der Waals surface area contributed by atoms with Crippen molar-refractivity contribution in [2.24, 2.45) is 0 Å². The summed E-state index contributed by atoms with van der Waals surface area (Å²) in [4.78, 5) is 10.4. The van der Waals surface area contributed by atoms with Crippen LogP contribution in [0.5, 0.6) is 0 Å². The van der Waals surface area contributed by atoms with E-state index in [9.17, 15) is 4.79 Å². The van der Waals surface area contributed by atoms with Gasteiger partial charge in [-0.15, -0.1) is 11.3 Å². The number of carbonyl (C=O) groups is 1. The molecule has 1 aromatic heterocycles. The normalized spacial score (nSPS) is 10.8. The Morgan fingerprint density at radius 2 is 2.12 bits per heavy atom. The first-order valence-electron chi connectivity index (χ1n) is 5.06. The smallest absolute Gasteiger partial charge is 0.303 e. The van der Waals surface area contributed by atoms with Crippen LogP contribution in [0.1, 0.15) is 18.4 Å². The molecular formula is C12H11ClO2S. The molecule has 0 aliphatic heterocycles. The zero-order valence-electron chi connectivity index (χ0n) is 8.57. The number of aryl methyl sites for hydroxylation is 1. The van der Waals surface area contributed by atoms with Gasteiger partial charge in [0.15, 0.2) is 0 Å². The van der Waals surface area contributed by atoms with Gasteiger partial charge in [0.2, 0.25) is 0 Å². The largest absolute Gasteiger partial charge is 0.481 e. The second-order valence-corrected chi connectivity index (χ2v) is 5.25. The van der Waals surface area contributed by atoms with E-state index < -0.39 is 5.97 Å². The van der Waals surface area contributed by atoms with Crippen molar-refractivity contribution in [1.82, 2.24) is 0 Å². The van der Waals surface area contributed by atoms with Crippen molar-refractivity contribution in [1.29, 1.82) is 0 Å². The Balaban J connectivity index is 2.22. The van der Waals surface area contributed by atoms with Gasteiger partial charge in [-0.1, -0.05) is 29.8 Å². The van der Waals surface area contributed by atoms with Gasteiger partial charge in [0, 0.05) is 11.1 Å². The molecule has 0 unspecified atom stereocenters. The first-order chi connectivity index (χ1) is 7.68. The molecule has 0 spiro atoms. The summed E-state index contributed by atoms with van der Waals surface area (Å²) < 4.78 is 1.95. The van der Waals surface area contributed by atoms with Gasteiger partial charge in [0.1, 0.15) is 0 Å². The molecule has 0 atom stereocenters. The van der Waals surface area contributed by atoms with Crippen LogP contribution in [0.4, 0.5) is 0 Å². The maximum atomic E-state index is 10.4. The molecule has 0 amide bonds. The van der Waals surface area contributed by atoms with E-state index in [2.05, 4.69) is 0 Å². The molecule has 0 saturated heterocycles. The summed E-state index contributed by atoms with van der Waals surface area (Å²) in [6.07, 6.45) is 1.56. The minimum atomic E-state index is -0.754. The number of aliphatic carboxylic acids is 1. The lowest BCUT2D eigenvalue weighted by Gasteiger charge is -1.98. The molecule has 0 bridgehead atoms. The Morgan fingerprint density at radius 1 is 1.38 bits per heavy atom. The molecule has 4 heteroatoms. The van der Waals surface area contributed by atoms with Crippen LogP contribution in [0.2, 0.25) is 4.34 Å². The molecule has 2 aromatic rings. The van der Waals surface area contributed by atoms with Crippen LogP contribution in [0, 0.1) is 0 Å². The lowest BCUT2D eigenvalue weighted by atomic mass is 10.1. The third kappa shape index (κ3) is 2.36. The Kier molecular flexibility index (Phi) is 3.46. The molecule has 0 saturated carbocycles. The molecule has 2 rings (SSSR count). The zero-order chi connectivity index (χ0) is 11.5. The van der Waals surface area contributed by atoms with Crippen molar-refractivity contribution in [2.45, 2.75) is 19.3 Å². The van der Waals surface area contributed by atoms with Crippen LogP contribution in [-0.4, -0.2) is 11.1 Å². The second kappa shape index (κ2) is 4.85. The zero-order valence-corrected chi connectivity index (χ0v) is 10.1. The van der Waals surface area contributed by atoms with Gasteiger partial charge in [-0.3, -0.25) is 4.79 Å².